The van der Waals surface area contributed by atoms with Gasteiger partial charge in [0, 0.05) is 38.2 Å². The van der Waals surface area contributed by atoms with Crippen molar-refractivity contribution in [1.82, 2.24) is 9.80 Å². The molecular formula is C23H28N2O3S. The summed E-state index contributed by atoms with van der Waals surface area (Å²) in [6.07, 6.45) is 3.41. The van der Waals surface area contributed by atoms with Crippen LogP contribution < -0.4 is 0 Å². The predicted octanol–water partition coefficient (Wildman–Crippen LogP) is 4.09. The lowest BCUT2D eigenvalue weighted by molar-refractivity contribution is -0.135. The molecule has 1 aromatic heterocycles. The first-order valence-electron chi connectivity index (χ1n) is 10.2. The van der Waals surface area contributed by atoms with Crippen molar-refractivity contribution in [3.05, 3.63) is 57.8 Å². The quantitative estimate of drug-likeness (QED) is 0.644. The van der Waals surface area contributed by atoms with Crippen LogP contribution in [0.1, 0.15) is 58.2 Å². The van der Waals surface area contributed by atoms with Gasteiger partial charge in [-0.15, -0.1) is 11.3 Å². The number of rotatable bonds is 7. The summed E-state index contributed by atoms with van der Waals surface area (Å²) < 4.78 is 0. The number of unbranched alkanes of at least 4 members (excludes halogenated alkanes) is 1. The number of carbonyl (C=O) groups excluding carboxylic acids is 3. The Hall–Kier alpha value is -2.47. The summed E-state index contributed by atoms with van der Waals surface area (Å²) in [6.45, 7) is 3.98. The summed E-state index contributed by atoms with van der Waals surface area (Å²) in [5.41, 5.74) is 0.883. The minimum Gasteiger partial charge on any atom is -0.346 e. The van der Waals surface area contributed by atoms with Crippen LogP contribution >= 0.6 is 11.3 Å². The van der Waals surface area contributed by atoms with Gasteiger partial charge >= 0.3 is 0 Å². The first-order valence-corrected chi connectivity index (χ1v) is 11.1. The maximum absolute atomic E-state index is 13.1. The van der Waals surface area contributed by atoms with E-state index in [0.717, 1.165) is 19.4 Å². The SMILES string of the molecule is CCCCN(C)C(=O)C1CCN(C(=O)c2ccccc2C(=O)c2cccs2)CC1. The Morgan fingerprint density at radius 2 is 1.76 bits per heavy atom. The molecule has 29 heavy (non-hydrogen) atoms. The van der Waals surface area contributed by atoms with Crippen LogP contribution in [0.25, 0.3) is 0 Å². The Morgan fingerprint density at radius 1 is 1.07 bits per heavy atom. The van der Waals surface area contributed by atoms with Crippen LogP contribution in [0.3, 0.4) is 0 Å². The van der Waals surface area contributed by atoms with Crippen molar-refractivity contribution in [2.75, 3.05) is 26.7 Å². The van der Waals surface area contributed by atoms with Crippen LogP contribution in [0, 0.1) is 5.92 Å². The molecule has 0 spiro atoms. The van der Waals surface area contributed by atoms with Gasteiger partial charge in [-0.3, -0.25) is 14.4 Å². The molecule has 1 aromatic carbocycles. The van der Waals surface area contributed by atoms with Crippen molar-refractivity contribution >= 4 is 28.9 Å². The van der Waals surface area contributed by atoms with E-state index in [-0.39, 0.29) is 23.5 Å². The fourth-order valence-electron chi connectivity index (χ4n) is 3.73. The van der Waals surface area contributed by atoms with Crippen molar-refractivity contribution in [2.45, 2.75) is 32.6 Å². The van der Waals surface area contributed by atoms with Gasteiger partial charge in [0.1, 0.15) is 0 Å². The summed E-state index contributed by atoms with van der Waals surface area (Å²) in [6, 6.07) is 10.6. The topological polar surface area (TPSA) is 57.7 Å². The molecule has 3 rings (SSSR count). The van der Waals surface area contributed by atoms with Crippen LogP contribution in [0.5, 0.6) is 0 Å². The number of likely N-dealkylation sites (tertiary alicyclic amines) is 1. The maximum Gasteiger partial charge on any atom is 0.254 e. The summed E-state index contributed by atoms with van der Waals surface area (Å²) >= 11 is 1.38. The van der Waals surface area contributed by atoms with Gasteiger partial charge in [0.2, 0.25) is 11.7 Å². The molecular weight excluding hydrogens is 384 g/mol. The van der Waals surface area contributed by atoms with Gasteiger partial charge in [-0.05, 0) is 36.8 Å². The minimum absolute atomic E-state index is 0.0242. The number of thiophene rings is 1. The van der Waals surface area contributed by atoms with E-state index < -0.39 is 0 Å². The number of hydrogen-bond donors (Lipinski definition) is 0. The summed E-state index contributed by atoms with van der Waals surface area (Å²) in [4.78, 5) is 42.8. The van der Waals surface area contributed by atoms with Gasteiger partial charge in [-0.2, -0.15) is 0 Å². The number of piperidine rings is 1. The molecule has 6 heteroatoms. The van der Waals surface area contributed by atoms with Crippen LogP contribution in [0.4, 0.5) is 0 Å². The van der Waals surface area contributed by atoms with Gasteiger partial charge in [-0.1, -0.05) is 37.6 Å². The van der Waals surface area contributed by atoms with E-state index in [2.05, 4.69) is 6.92 Å². The third-order valence-corrected chi connectivity index (χ3v) is 6.37. The van der Waals surface area contributed by atoms with Crippen LogP contribution in [-0.2, 0) is 4.79 Å². The average Bonchev–Trinajstić information content (AvgIpc) is 3.31. The van der Waals surface area contributed by atoms with Crippen LogP contribution in [0.2, 0.25) is 0 Å². The first-order chi connectivity index (χ1) is 14.0. The summed E-state index contributed by atoms with van der Waals surface area (Å²) in [5, 5.41) is 1.86. The molecule has 1 saturated heterocycles. The van der Waals surface area contributed by atoms with Gasteiger partial charge in [0.15, 0.2) is 0 Å². The number of benzene rings is 1. The number of carbonyl (C=O) groups is 3. The van der Waals surface area contributed by atoms with E-state index in [1.807, 2.05) is 23.4 Å². The lowest BCUT2D eigenvalue weighted by Gasteiger charge is -2.33. The number of ketones is 1. The van der Waals surface area contributed by atoms with Gasteiger partial charge in [0.05, 0.1) is 10.4 Å². The minimum atomic E-state index is -0.129. The van der Waals surface area contributed by atoms with E-state index in [1.54, 1.807) is 35.2 Å². The average molecular weight is 413 g/mol. The van der Waals surface area contributed by atoms with E-state index >= 15 is 0 Å². The molecule has 154 valence electrons. The van der Waals surface area contributed by atoms with E-state index in [9.17, 15) is 14.4 Å². The second kappa shape index (κ2) is 9.83. The molecule has 0 unspecified atom stereocenters. The smallest absolute Gasteiger partial charge is 0.254 e. The normalized spacial score (nSPS) is 14.6. The number of nitrogens with zero attached hydrogens (tertiary/aromatic N) is 2. The standard InChI is InChI=1S/C23H28N2O3S/c1-3-4-13-24(2)22(27)17-11-14-25(15-12-17)23(28)19-9-6-5-8-18(19)21(26)20-10-7-16-29-20/h5-10,16-17H,3-4,11-15H2,1-2H3. The molecule has 1 aliphatic rings. The largest absolute Gasteiger partial charge is 0.346 e. The monoisotopic (exact) mass is 412 g/mol. The fraction of sp³-hybridized carbons (Fsp3) is 0.435. The Morgan fingerprint density at radius 3 is 2.38 bits per heavy atom. The lowest BCUT2D eigenvalue weighted by atomic mass is 9.94. The zero-order chi connectivity index (χ0) is 20.8. The second-order valence-electron chi connectivity index (χ2n) is 7.53. The summed E-state index contributed by atoms with van der Waals surface area (Å²) in [5.74, 6) is -0.0926. The van der Waals surface area contributed by atoms with Crippen molar-refractivity contribution in [2.24, 2.45) is 5.92 Å². The molecule has 0 saturated carbocycles. The fourth-order valence-corrected chi connectivity index (χ4v) is 4.40. The summed E-state index contributed by atoms with van der Waals surface area (Å²) in [7, 11) is 1.86. The van der Waals surface area contributed by atoms with E-state index in [1.165, 1.54) is 11.3 Å². The van der Waals surface area contributed by atoms with Gasteiger partial charge < -0.3 is 9.80 Å². The Balaban J connectivity index is 1.66. The number of amides is 2. The van der Waals surface area contributed by atoms with Crippen molar-refractivity contribution in [1.29, 1.82) is 0 Å². The molecule has 2 heterocycles. The van der Waals surface area contributed by atoms with Gasteiger partial charge in [-0.25, -0.2) is 0 Å². The van der Waals surface area contributed by atoms with Crippen LogP contribution in [-0.4, -0.2) is 54.1 Å². The molecule has 1 aliphatic heterocycles. The zero-order valence-corrected chi connectivity index (χ0v) is 17.9. The van der Waals surface area contributed by atoms with Crippen molar-refractivity contribution in [3.63, 3.8) is 0 Å². The first kappa shape index (κ1) is 21.2. The molecule has 1 fully saturated rings. The lowest BCUT2D eigenvalue weighted by Crippen LogP contribution is -2.44. The molecule has 2 aromatic rings. The highest BCUT2D eigenvalue weighted by atomic mass is 32.1. The van der Waals surface area contributed by atoms with Gasteiger partial charge in [0.25, 0.3) is 5.91 Å². The van der Waals surface area contributed by atoms with Crippen molar-refractivity contribution in [3.8, 4) is 0 Å². The second-order valence-corrected chi connectivity index (χ2v) is 8.48. The number of hydrogen-bond acceptors (Lipinski definition) is 4. The molecule has 0 aliphatic carbocycles. The molecule has 0 radical (unpaired) electrons. The Bertz CT molecular complexity index is 855. The Labute approximate surface area is 176 Å². The zero-order valence-electron chi connectivity index (χ0n) is 17.1. The third-order valence-electron chi connectivity index (χ3n) is 5.50. The highest BCUT2D eigenvalue weighted by Gasteiger charge is 2.30. The van der Waals surface area contributed by atoms with E-state index in [0.29, 0.717) is 41.9 Å². The predicted molar refractivity (Wildman–Crippen MR) is 115 cm³/mol. The van der Waals surface area contributed by atoms with E-state index in [4.69, 9.17) is 0 Å². The highest BCUT2D eigenvalue weighted by molar-refractivity contribution is 7.12. The third kappa shape index (κ3) is 4.93. The highest BCUT2D eigenvalue weighted by Crippen LogP contribution is 2.24. The van der Waals surface area contributed by atoms with Crippen molar-refractivity contribution < 1.29 is 14.4 Å². The molecule has 0 atom stereocenters. The Kier molecular flexibility index (Phi) is 7.20. The molecule has 0 bridgehead atoms. The molecule has 0 N–H and O–H groups in total. The molecule has 5 nitrogen and oxygen atoms in total. The van der Waals surface area contributed by atoms with Crippen LogP contribution in [0.15, 0.2) is 41.8 Å². The molecule has 2 amide bonds. The maximum atomic E-state index is 13.1.